The molecule has 2 aliphatic heterocycles. The Kier molecular flexibility index (Phi) is 5.51. The summed E-state index contributed by atoms with van der Waals surface area (Å²) in [5.41, 5.74) is 1.70. The van der Waals surface area contributed by atoms with E-state index < -0.39 is 0 Å². The highest BCUT2D eigenvalue weighted by atomic mass is 16.3. The van der Waals surface area contributed by atoms with Crippen LogP contribution in [0.5, 0.6) is 0 Å². The first-order valence-corrected chi connectivity index (χ1v) is 9.39. The van der Waals surface area contributed by atoms with Crippen molar-refractivity contribution in [3.05, 3.63) is 29.8 Å². The van der Waals surface area contributed by atoms with Crippen molar-refractivity contribution in [2.75, 3.05) is 51.8 Å². The summed E-state index contributed by atoms with van der Waals surface area (Å²) in [5, 5.41) is 9.22. The van der Waals surface area contributed by atoms with Crippen LogP contribution in [0.25, 0.3) is 0 Å². The monoisotopic (exact) mass is 359 g/mol. The fourth-order valence-corrected chi connectivity index (χ4v) is 4.24. The fourth-order valence-electron chi connectivity index (χ4n) is 4.24. The van der Waals surface area contributed by atoms with Gasteiger partial charge in [-0.05, 0) is 37.5 Å². The van der Waals surface area contributed by atoms with Crippen LogP contribution in [0.15, 0.2) is 24.3 Å². The quantitative estimate of drug-likeness (QED) is 0.887. The third-order valence-corrected chi connectivity index (χ3v) is 5.68. The molecule has 0 saturated carbocycles. The van der Waals surface area contributed by atoms with E-state index in [0.29, 0.717) is 31.6 Å². The second-order valence-corrected chi connectivity index (χ2v) is 7.81. The number of carbonyl (C=O) groups is 2. The third-order valence-electron chi connectivity index (χ3n) is 5.68. The first-order valence-electron chi connectivity index (χ1n) is 9.39. The number of hydrogen-bond acceptors (Lipinski definition) is 4. The van der Waals surface area contributed by atoms with Gasteiger partial charge in [-0.2, -0.15) is 0 Å². The maximum absolute atomic E-state index is 13.1. The Hall–Kier alpha value is -2.08. The molecule has 0 aliphatic carbocycles. The van der Waals surface area contributed by atoms with E-state index in [1.807, 2.05) is 48.2 Å². The lowest BCUT2D eigenvalue weighted by Gasteiger charge is -2.48. The molecule has 6 nitrogen and oxygen atoms in total. The van der Waals surface area contributed by atoms with Crippen molar-refractivity contribution in [2.24, 2.45) is 5.41 Å². The van der Waals surface area contributed by atoms with E-state index in [1.165, 1.54) is 0 Å². The van der Waals surface area contributed by atoms with E-state index in [0.717, 1.165) is 31.5 Å². The van der Waals surface area contributed by atoms with Gasteiger partial charge in [-0.3, -0.25) is 9.59 Å². The van der Waals surface area contributed by atoms with Crippen LogP contribution in [0.3, 0.4) is 0 Å². The number of rotatable bonds is 4. The minimum absolute atomic E-state index is 0.0121. The summed E-state index contributed by atoms with van der Waals surface area (Å²) in [6, 6.07) is 7.73. The van der Waals surface area contributed by atoms with Gasteiger partial charge in [0.15, 0.2) is 0 Å². The van der Waals surface area contributed by atoms with Crippen molar-refractivity contribution >= 4 is 17.5 Å². The van der Waals surface area contributed by atoms with Crippen molar-refractivity contribution in [3.8, 4) is 0 Å². The van der Waals surface area contributed by atoms with Crippen LogP contribution >= 0.6 is 0 Å². The number of benzene rings is 1. The van der Waals surface area contributed by atoms with E-state index in [1.54, 1.807) is 4.90 Å². The molecule has 1 N–H and O–H groups in total. The van der Waals surface area contributed by atoms with E-state index >= 15 is 0 Å². The Labute approximate surface area is 155 Å². The molecule has 6 heteroatoms. The summed E-state index contributed by atoms with van der Waals surface area (Å²) in [6.07, 6.45) is 3.33. The van der Waals surface area contributed by atoms with Crippen LogP contribution in [0.1, 0.15) is 36.0 Å². The Morgan fingerprint density at radius 1 is 1.27 bits per heavy atom. The zero-order chi connectivity index (χ0) is 18.7. The molecule has 1 atom stereocenters. The van der Waals surface area contributed by atoms with Gasteiger partial charge >= 0.3 is 0 Å². The summed E-state index contributed by atoms with van der Waals surface area (Å²) in [6.45, 7) is 2.48. The molecule has 1 aromatic rings. The number of carbonyl (C=O) groups excluding carboxylic acids is 2. The van der Waals surface area contributed by atoms with Crippen LogP contribution in [0.4, 0.5) is 5.69 Å². The highest BCUT2D eigenvalue weighted by molar-refractivity contribution is 5.95. The summed E-state index contributed by atoms with van der Waals surface area (Å²) in [4.78, 5) is 30.8. The number of aliphatic hydroxyl groups is 1. The molecule has 2 fully saturated rings. The number of anilines is 1. The molecule has 1 spiro atoms. The number of likely N-dealkylation sites (tertiary alicyclic amines) is 2. The number of piperidine rings is 2. The molecule has 2 amide bonds. The molecule has 26 heavy (non-hydrogen) atoms. The van der Waals surface area contributed by atoms with Crippen molar-refractivity contribution in [1.82, 2.24) is 9.80 Å². The molecule has 2 heterocycles. The lowest BCUT2D eigenvalue weighted by molar-refractivity contribution is -0.139. The average molecular weight is 359 g/mol. The van der Waals surface area contributed by atoms with Gasteiger partial charge in [0.05, 0.1) is 6.61 Å². The molecule has 2 saturated heterocycles. The van der Waals surface area contributed by atoms with Crippen LogP contribution in [0.2, 0.25) is 0 Å². The molecule has 2 aliphatic rings. The van der Waals surface area contributed by atoms with Gasteiger partial charge in [0.2, 0.25) is 5.91 Å². The molecule has 1 aromatic carbocycles. The molecule has 0 bridgehead atoms. The topological polar surface area (TPSA) is 64.1 Å². The van der Waals surface area contributed by atoms with Crippen LogP contribution in [-0.4, -0.2) is 73.6 Å². The molecular weight excluding hydrogens is 330 g/mol. The molecule has 142 valence electrons. The number of aliphatic hydroxyl groups excluding tert-OH is 1. The number of nitrogens with zero attached hydrogens (tertiary/aromatic N) is 3. The second kappa shape index (κ2) is 7.66. The SMILES string of the molecule is CN(C)c1cccc(C(=O)N2CCCC3(CCC(=O)N(CCO)C3)C2)c1. The predicted octanol–water partition coefficient (Wildman–Crippen LogP) is 1.59. The number of amides is 2. The highest BCUT2D eigenvalue weighted by Crippen LogP contribution is 2.39. The van der Waals surface area contributed by atoms with Gasteiger partial charge in [0, 0.05) is 63.4 Å². The lowest BCUT2D eigenvalue weighted by Crippen LogP contribution is -2.55. The van der Waals surface area contributed by atoms with Gasteiger partial charge in [0.25, 0.3) is 5.91 Å². The van der Waals surface area contributed by atoms with E-state index in [4.69, 9.17) is 0 Å². The summed E-state index contributed by atoms with van der Waals surface area (Å²) in [7, 11) is 3.93. The van der Waals surface area contributed by atoms with E-state index in [9.17, 15) is 14.7 Å². The average Bonchev–Trinajstić information content (AvgIpc) is 2.65. The van der Waals surface area contributed by atoms with Gasteiger partial charge in [-0.15, -0.1) is 0 Å². The van der Waals surface area contributed by atoms with E-state index in [-0.39, 0.29) is 23.8 Å². The van der Waals surface area contributed by atoms with Gasteiger partial charge in [-0.1, -0.05) is 6.07 Å². The lowest BCUT2D eigenvalue weighted by atomic mass is 9.73. The number of β-amino-alcohol motifs (C(OH)–C–C–N with tert-alkyl or cyclic N) is 1. The second-order valence-electron chi connectivity index (χ2n) is 7.81. The largest absolute Gasteiger partial charge is 0.395 e. The maximum atomic E-state index is 13.1. The van der Waals surface area contributed by atoms with Crippen LogP contribution in [0, 0.1) is 5.41 Å². The summed E-state index contributed by atoms with van der Waals surface area (Å²) >= 11 is 0. The first-order chi connectivity index (χ1) is 12.4. The van der Waals surface area contributed by atoms with Gasteiger partial charge < -0.3 is 19.8 Å². The summed E-state index contributed by atoms with van der Waals surface area (Å²) in [5.74, 6) is 0.185. The van der Waals surface area contributed by atoms with Gasteiger partial charge in [-0.25, -0.2) is 0 Å². The zero-order valence-electron chi connectivity index (χ0n) is 15.8. The fraction of sp³-hybridized carbons (Fsp3) is 0.600. The normalized spacial score (nSPS) is 23.4. The first kappa shape index (κ1) is 18.7. The maximum Gasteiger partial charge on any atom is 0.253 e. The Bertz CT molecular complexity index is 676. The van der Waals surface area contributed by atoms with Crippen LogP contribution < -0.4 is 4.90 Å². The predicted molar refractivity (Wildman–Crippen MR) is 101 cm³/mol. The molecule has 1 unspecified atom stereocenters. The standard InChI is InChI=1S/C20H29N3O3/c1-21(2)17-6-3-5-16(13-17)19(26)23-10-4-8-20(15-23)9-7-18(25)22(14-20)11-12-24/h3,5-6,13,24H,4,7-12,14-15H2,1-2H3. The zero-order valence-corrected chi connectivity index (χ0v) is 15.8. The van der Waals surface area contributed by atoms with Crippen molar-refractivity contribution in [2.45, 2.75) is 25.7 Å². The third kappa shape index (κ3) is 3.85. The van der Waals surface area contributed by atoms with Crippen molar-refractivity contribution in [3.63, 3.8) is 0 Å². The Balaban J connectivity index is 1.75. The molecule has 0 aromatic heterocycles. The molecule has 3 rings (SSSR count). The summed E-state index contributed by atoms with van der Waals surface area (Å²) < 4.78 is 0. The minimum atomic E-state index is -0.0316. The smallest absolute Gasteiger partial charge is 0.253 e. The van der Waals surface area contributed by atoms with Crippen molar-refractivity contribution in [1.29, 1.82) is 0 Å². The van der Waals surface area contributed by atoms with Crippen molar-refractivity contribution < 1.29 is 14.7 Å². The molecular formula is C20H29N3O3. The molecule has 0 radical (unpaired) electrons. The minimum Gasteiger partial charge on any atom is -0.395 e. The van der Waals surface area contributed by atoms with Crippen LogP contribution in [-0.2, 0) is 4.79 Å². The highest BCUT2D eigenvalue weighted by Gasteiger charge is 2.42. The Morgan fingerprint density at radius 3 is 2.81 bits per heavy atom. The Morgan fingerprint density at radius 2 is 2.08 bits per heavy atom. The van der Waals surface area contributed by atoms with Gasteiger partial charge in [0.1, 0.15) is 0 Å². The number of hydrogen-bond donors (Lipinski definition) is 1. The van der Waals surface area contributed by atoms with E-state index in [2.05, 4.69) is 0 Å².